The highest BCUT2D eigenvalue weighted by Gasteiger charge is 2.45. The van der Waals surface area contributed by atoms with Crippen LogP contribution in [-0.2, 0) is 11.0 Å². The molecule has 150 valence electrons. The second-order valence-electron chi connectivity index (χ2n) is 7.81. The van der Waals surface area contributed by atoms with Crippen LogP contribution in [0, 0.1) is 5.92 Å². The quantitative estimate of drug-likeness (QED) is 0.786. The summed E-state index contributed by atoms with van der Waals surface area (Å²) in [5.74, 6) is -0.164. The lowest BCUT2D eigenvalue weighted by Crippen LogP contribution is -2.54. The highest BCUT2D eigenvalue weighted by atomic mass is 35.5. The van der Waals surface area contributed by atoms with E-state index in [-0.39, 0.29) is 35.0 Å². The lowest BCUT2D eigenvalue weighted by Gasteiger charge is -2.40. The highest BCUT2D eigenvalue weighted by Crippen LogP contribution is 2.38. The molecule has 3 rings (SSSR count). The second-order valence-corrected chi connectivity index (χ2v) is 8.22. The van der Waals surface area contributed by atoms with E-state index in [0.717, 1.165) is 25.0 Å². The van der Waals surface area contributed by atoms with Gasteiger partial charge in [-0.15, -0.1) is 0 Å². The number of fused-ring (bicyclic) bond motifs is 2. The zero-order valence-electron chi connectivity index (χ0n) is 15.3. The van der Waals surface area contributed by atoms with E-state index < -0.39 is 17.8 Å². The van der Waals surface area contributed by atoms with Crippen LogP contribution in [0.4, 0.5) is 18.9 Å². The van der Waals surface area contributed by atoms with E-state index in [9.17, 15) is 23.1 Å². The van der Waals surface area contributed by atoms with Crippen LogP contribution in [-0.4, -0.2) is 40.1 Å². The molecule has 1 aromatic carbocycles. The van der Waals surface area contributed by atoms with Crippen molar-refractivity contribution in [1.82, 2.24) is 4.90 Å². The third kappa shape index (κ3) is 4.19. The molecule has 0 radical (unpaired) electrons. The zero-order valence-corrected chi connectivity index (χ0v) is 16.0. The molecule has 0 unspecified atom stereocenters. The van der Waals surface area contributed by atoms with E-state index in [1.807, 2.05) is 18.7 Å². The van der Waals surface area contributed by atoms with Crippen molar-refractivity contribution in [2.75, 3.05) is 5.32 Å². The summed E-state index contributed by atoms with van der Waals surface area (Å²) in [7, 11) is 0. The Hall–Kier alpha value is -1.47. The van der Waals surface area contributed by atoms with E-state index in [4.69, 9.17) is 11.6 Å². The number of nitrogens with one attached hydrogen (secondary N) is 1. The largest absolute Gasteiger partial charge is 0.416 e. The Bertz CT molecular complexity index is 697. The summed E-state index contributed by atoms with van der Waals surface area (Å²) in [4.78, 5) is 15.1. The smallest absolute Gasteiger partial charge is 0.393 e. The second kappa shape index (κ2) is 7.51. The van der Waals surface area contributed by atoms with Crippen molar-refractivity contribution in [2.45, 2.75) is 69.9 Å². The van der Waals surface area contributed by atoms with Crippen molar-refractivity contribution >= 4 is 23.2 Å². The molecule has 27 heavy (non-hydrogen) atoms. The first-order chi connectivity index (χ1) is 12.6. The fourth-order valence-corrected chi connectivity index (χ4v) is 4.39. The normalized spacial score (nSPS) is 26.4. The molecule has 0 aromatic heterocycles. The van der Waals surface area contributed by atoms with Gasteiger partial charge in [0, 0.05) is 12.1 Å². The minimum Gasteiger partial charge on any atom is -0.393 e. The first-order valence-electron chi connectivity index (χ1n) is 9.21. The number of carbonyl (C=O) groups excluding carboxylic acids is 1. The van der Waals surface area contributed by atoms with Crippen LogP contribution in [0.25, 0.3) is 0 Å². The SMILES string of the molecule is CC(C)[C@H](Nc1ccc(C(F)(F)F)cc1Cl)C(=O)N1[C@H]2CC[C@H]1CC(O)C2. The summed E-state index contributed by atoms with van der Waals surface area (Å²) in [5.41, 5.74) is -0.519. The number of piperidine rings is 1. The fraction of sp³-hybridized carbons (Fsp3) is 0.632. The van der Waals surface area contributed by atoms with Gasteiger partial charge >= 0.3 is 6.18 Å². The molecule has 2 aliphatic rings. The van der Waals surface area contributed by atoms with Crippen LogP contribution >= 0.6 is 11.6 Å². The van der Waals surface area contributed by atoms with Gasteiger partial charge in [0.05, 0.1) is 22.4 Å². The van der Waals surface area contributed by atoms with Gasteiger partial charge in [-0.25, -0.2) is 0 Å². The number of halogens is 4. The number of aliphatic hydroxyl groups excluding tert-OH is 1. The van der Waals surface area contributed by atoms with Crippen molar-refractivity contribution in [2.24, 2.45) is 5.92 Å². The average molecular weight is 405 g/mol. The number of alkyl halides is 3. The molecule has 1 aromatic rings. The van der Waals surface area contributed by atoms with Crippen LogP contribution in [0.1, 0.15) is 45.1 Å². The van der Waals surface area contributed by atoms with Crippen LogP contribution in [0.3, 0.4) is 0 Å². The van der Waals surface area contributed by atoms with E-state index in [1.54, 1.807) is 0 Å². The monoisotopic (exact) mass is 404 g/mol. The molecule has 3 atom stereocenters. The Kier molecular flexibility index (Phi) is 5.64. The third-order valence-electron chi connectivity index (χ3n) is 5.50. The molecular weight excluding hydrogens is 381 g/mol. The van der Waals surface area contributed by atoms with Gasteiger partial charge in [-0.05, 0) is 49.8 Å². The van der Waals surface area contributed by atoms with Crippen molar-refractivity contribution in [3.8, 4) is 0 Å². The lowest BCUT2D eigenvalue weighted by molar-refractivity contribution is -0.139. The molecule has 2 N–H and O–H groups in total. The summed E-state index contributed by atoms with van der Waals surface area (Å²) in [6.45, 7) is 3.77. The molecular formula is C19H24ClF3N2O2. The minimum absolute atomic E-state index is 0.0253. The van der Waals surface area contributed by atoms with E-state index >= 15 is 0 Å². The topological polar surface area (TPSA) is 52.6 Å². The van der Waals surface area contributed by atoms with Gasteiger partial charge in [-0.1, -0.05) is 25.4 Å². The number of anilines is 1. The van der Waals surface area contributed by atoms with Crippen molar-refractivity contribution in [3.05, 3.63) is 28.8 Å². The van der Waals surface area contributed by atoms with Crippen molar-refractivity contribution < 1.29 is 23.1 Å². The standard InChI is InChI=1S/C19H24ClF3N2O2/c1-10(2)17(18(27)25-12-4-5-13(25)9-14(26)8-12)24-16-6-3-11(7-15(16)20)19(21,22)23/h3,6-7,10,12-14,17,24,26H,4-5,8-9H2,1-2H3/t12-,13-,17-/m0/s1. The molecule has 2 fully saturated rings. The number of aliphatic hydroxyl groups is 1. The average Bonchev–Trinajstić information content (AvgIpc) is 2.83. The van der Waals surface area contributed by atoms with Gasteiger partial charge in [0.1, 0.15) is 6.04 Å². The molecule has 2 aliphatic heterocycles. The van der Waals surface area contributed by atoms with E-state index in [2.05, 4.69) is 5.32 Å². The van der Waals surface area contributed by atoms with Crippen molar-refractivity contribution in [3.63, 3.8) is 0 Å². The van der Waals surface area contributed by atoms with Gasteiger partial charge in [-0.2, -0.15) is 13.2 Å². The Morgan fingerprint density at radius 2 is 1.85 bits per heavy atom. The molecule has 4 nitrogen and oxygen atoms in total. The summed E-state index contributed by atoms with van der Waals surface area (Å²) in [6.07, 6.45) is -1.94. The first-order valence-corrected chi connectivity index (χ1v) is 9.59. The van der Waals surface area contributed by atoms with Gasteiger partial charge < -0.3 is 15.3 Å². The maximum absolute atomic E-state index is 13.2. The molecule has 0 aliphatic carbocycles. The summed E-state index contributed by atoms with van der Waals surface area (Å²) in [6, 6.07) is 2.54. The van der Waals surface area contributed by atoms with Gasteiger partial charge in [0.25, 0.3) is 0 Å². The van der Waals surface area contributed by atoms with E-state index in [0.29, 0.717) is 18.5 Å². The maximum atomic E-state index is 13.2. The summed E-state index contributed by atoms with van der Waals surface area (Å²) >= 11 is 6.04. The van der Waals surface area contributed by atoms with Gasteiger partial charge in [-0.3, -0.25) is 4.79 Å². The number of rotatable bonds is 4. The molecule has 0 spiro atoms. The Morgan fingerprint density at radius 3 is 2.33 bits per heavy atom. The molecule has 0 saturated carbocycles. The predicted molar refractivity (Wildman–Crippen MR) is 97.6 cm³/mol. The molecule has 2 bridgehead atoms. The van der Waals surface area contributed by atoms with Crippen molar-refractivity contribution in [1.29, 1.82) is 0 Å². The molecule has 2 heterocycles. The Labute approximate surface area is 161 Å². The fourth-order valence-electron chi connectivity index (χ4n) is 4.16. The number of amides is 1. The minimum atomic E-state index is -4.47. The summed E-state index contributed by atoms with van der Waals surface area (Å²) < 4.78 is 38.5. The van der Waals surface area contributed by atoms with Crippen LogP contribution < -0.4 is 5.32 Å². The Morgan fingerprint density at radius 1 is 1.26 bits per heavy atom. The maximum Gasteiger partial charge on any atom is 0.416 e. The number of carbonyl (C=O) groups is 1. The molecule has 2 saturated heterocycles. The lowest BCUT2D eigenvalue weighted by atomic mass is 9.95. The number of hydrogen-bond donors (Lipinski definition) is 2. The van der Waals surface area contributed by atoms with E-state index in [1.165, 1.54) is 6.07 Å². The van der Waals surface area contributed by atoms with Crippen LogP contribution in [0.2, 0.25) is 5.02 Å². The predicted octanol–water partition coefficient (Wildman–Crippen LogP) is 4.31. The number of hydrogen-bond acceptors (Lipinski definition) is 3. The number of nitrogens with zero attached hydrogens (tertiary/aromatic N) is 1. The molecule has 1 amide bonds. The third-order valence-corrected chi connectivity index (χ3v) is 5.82. The highest BCUT2D eigenvalue weighted by molar-refractivity contribution is 6.33. The van der Waals surface area contributed by atoms with Crippen LogP contribution in [0.15, 0.2) is 18.2 Å². The Balaban J connectivity index is 1.80. The number of benzene rings is 1. The zero-order chi connectivity index (χ0) is 19.9. The van der Waals surface area contributed by atoms with Crippen LogP contribution in [0.5, 0.6) is 0 Å². The molecule has 8 heteroatoms. The van der Waals surface area contributed by atoms with Gasteiger partial charge in [0.15, 0.2) is 0 Å². The first kappa shape index (κ1) is 20.3. The van der Waals surface area contributed by atoms with Gasteiger partial charge in [0.2, 0.25) is 5.91 Å². The summed E-state index contributed by atoms with van der Waals surface area (Å²) in [5, 5.41) is 12.9.